The number of amides is 11. The number of carbonyl (C=O) groups excluding carboxylic acids is 11. The van der Waals surface area contributed by atoms with Gasteiger partial charge in [0.25, 0.3) is 0 Å². The molecule has 0 bridgehead atoms. The topological polar surface area (TPSA) is 291 Å². The van der Waals surface area contributed by atoms with E-state index in [9.17, 15) is 33.9 Å². The Morgan fingerprint density at radius 2 is 0.945 bits per heavy atom. The smallest absolute Gasteiger partial charge is 0.246 e. The zero-order chi connectivity index (χ0) is 70.0. The minimum atomic E-state index is -1.63. The Labute approximate surface area is 544 Å². The molecule has 2 aliphatic rings. The molecule has 0 saturated carbocycles. The molecule has 2 saturated heterocycles. The molecule has 11 amide bonds. The highest BCUT2D eigenvalue weighted by Crippen LogP contribution is 2.26. The molecule has 0 aromatic rings. The Morgan fingerprint density at radius 3 is 1.42 bits per heavy atom. The Morgan fingerprint density at radius 1 is 0.495 bits per heavy atom. The van der Waals surface area contributed by atoms with Crippen LogP contribution in [0, 0.1) is 35.5 Å². The van der Waals surface area contributed by atoms with E-state index in [1.165, 1.54) is 102 Å². The van der Waals surface area contributed by atoms with Crippen molar-refractivity contribution in [3.63, 3.8) is 0 Å². The maximum atomic E-state index is 15.3. The fourth-order valence-corrected chi connectivity index (χ4v) is 12.1. The quantitative estimate of drug-likeness (QED) is 0.131. The molecule has 25 nitrogen and oxygen atoms in total. The predicted molar refractivity (Wildman–Crippen MR) is 350 cm³/mol. The summed E-state index contributed by atoms with van der Waals surface area (Å²) < 4.78 is 6.04. The van der Waals surface area contributed by atoms with Gasteiger partial charge in [0.2, 0.25) is 65.0 Å². The number of nitrogens with zero attached hydrogens (tertiary/aromatic N) is 8. The van der Waals surface area contributed by atoms with Gasteiger partial charge in [0.1, 0.15) is 66.5 Å². The van der Waals surface area contributed by atoms with Crippen molar-refractivity contribution in [3.8, 4) is 0 Å². The zero-order valence-electron chi connectivity index (χ0n) is 59.6. The molecule has 2 heterocycles. The number of likely N-dealkylation sites (tertiary alicyclic amines) is 1. The highest BCUT2D eigenvalue weighted by atomic mass is 16.5. The van der Waals surface area contributed by atoms with Crippen molar-refractivity contribution >= 4 is 65.0 Å². The Balaban J connectivity index is 3.06. The fraction of sp³-hybridized carbons (Fsp3) is 0.803. The molecule has 2 fully saturated rings. The summed E-state index contributed by atoms with van der Waals surface area (Å²) in [5.41, 5.74) is 0. The predicted octanol–water partition coefficient (Wildman–Crippen LogP) is 2.72. The van der Waals surface area contributed by atoms with E-state index in [-0.39, 0.29) is 50.0 Å². The second kappa shape index (κ2) is 36.9. The molecular weight excluding hydrogens is 1170 g/mol. The van der Waals surface area contributed by atoms with Crippen LogP contribution in [0.5, 0.6) is 0 Å². The maximum Gasteiger partial charge on any atom is 0.246 e. The molecule has 91 heavy (non-hydrogen) atoms. The van der Waals surface area contributed by atoms with Gasteiger partial charge in [-0.25, -0.2) is 0 Å². The van der Waals surface area contributed by atoms with Gasteiger partial charge in [0.05, 0.1) is 12.2 Å². The van der Waals surface area contributed by atoms with Crippen LogP contribution in [0.25, 0.3) is 0 Å². The van der Waals surface area contributed by atoms with Crippen LogP contribution in [0.2, 0.25) is 0 Å². The molecule has 25 heteroatoms. The van der Waals surface area contributed by atoms with E-state index in [0.29, 0.717) is 19.5 Å². The van der Waals surface area contributed by atoms with Gasteiger partial charge in [-0.1, -0.05) is 95.2 Å². The summed E-state index contributed by atoms with van der Waals surface area (Å²) in [5.74, 6) is -9.96. The van der Waals surface area contributed by atoms with E-state index in [0.717, 1.165) is 22.6 Å². The highest BCUT2D eigenvalue weighted by molar-refractivity contribution is 6.00. The van der Waals surface area contributed by atoms with E-state index >= 15 is 24.0 Å². The summed E-state index contributed by atoms with van der Waals surface area (Å²) >= 11 is 0. The third-order valence-corrected chi connectivity index (χ3v) is 18.1. The molecule has 5 N–H and O–H groups in total. The standard InChI is InChI=1S/C66H118N12O13/c1-25-27-30-42(13)55(79)54-59(83)69-46(26-2)62(86)71(17)45(16)61(85)76(22)53(50(91-24)36-78-31-28-29-32-78)58(82)70-51(40(9)10)65(89)72(18)47(33-37(3)4)57(81)67-43(14)56(80)68-44(15)60(84)73(19)48(34-38(5)6)63(87)74(20)49(35-39(7)8)64(88)75(21)52(41(11)12)66(90)77(54)23/h25,27,37-55,79H,26,28-36H2,1-24H3,(H,67,81)(H,68,80)(H,69,83)(H,70,82). The summed E-state index contributed by atoms with van der Waals surface area (Å²) in [7, 11) is 11.3. The number of ether oxygens (including phenoxy) is 1. The van der Waals surface area contributed by atoms with E-state index in [2.05, 4.69) is 26.2 Å². The summed E-state index contributed by atoms with van der Waals surface area (Å²) in [6.07, 6.45) is 3.64. The number of aliphatic hydroxyl groups is 1. The molecule has 0 aromatic heterocycles. The van der Waals surface area contributed by atoms with Crippen LogP contribution in [0.3, 0.4) is 0 Å². The summed E-state index contributed by atoms with van der Waals surface area (Å²) in [6, 6.07) is -14.1. The van der Waals surface area contributed by atoms with Crippen LogP contribution in [0.15, 0.2) is 12.2 Å². The van der Waals surface area contributed by atoms with Gasteiger partial charge in [-0.15, -0.1) is 0 Å². The van der Waals surface area contributed by atoms with Crippen molar-refractivity contribution in [1.29, 1.82) is 0 Å². The normalized spacial score (nSPS) is 28.1. The van der Waals surface area contributed by atoms with Crippen LogP contribution in [-0.2, 0) is 57.5 Å². The largest absolute Gasteiger partial charge is 0.390 e. The minimum Gasteiger partial charge on any atom is -0.390 e. The van der Waals surface area contributed by atoms with Gasteiger partial charge in [0, 0.05) is 63.0 Å². The van der Waals surface area contributed by atoms with Crippen LogP contribution >= 0.6 is 0 Å². The second-order valence-corrected chi connectivity index (χ2v) is 27.5. The molecule has 2 rings (SSSR count). The first-order chi connectivity index (χ1) is 42.2. The van der Waals surface area contributed by atoms with Crippen LogP contribution in [-0.4, -0.2) is 264 Å². The lowest BCUT2D eigenvalue weighted by Crippen LogP contribution is -2.64. The number of hydrogen-bond acceptors (Lipinski definition) is 14. The molecular formula is C66H118N12O13. The van der Waals surface area contributed by atoms with E-state index < -0.39 is 161 Å². The first-order valence-corrected chi connectivity index (χ1v) is 32.9. The van der Waals surface area contributed by atoms with Crippen LogP contribution in [0.1, 0.15) is 156 Å². The van der Waals surface area contributed by atoms with Crippen molar-refractivity contribution in [1.82, 2.24) is 60.5 Å². The summed E-state index contributed by atoms with van der Waals surface area (Å²) in [4.78, 5) is 174. The molecule has 520 valence electrons. The van der Waals surface area contributed by atoms with Crippen molar-refractivity contribution in [2.75, 3.05) is 76.1 Å². The number of aliphatic hydroxyl groups excluding tert-OH is 1. The average Bonchev–Trinajstić information content (AvgIpc) is 0.883. The number of hydrogen-bond donors (Lipinski definition) is 5. The Kier molecular flexibility index (Phi) is 32.8. The number of likely N-dealkylation sites (N-methyl/N-ethyl adjacent to an activating group) is 7. The van der Waals surface area contributed by atoms with Gasteiger partial charge >= 0.3 is 0 Å². The Bertz CT molecular complexity index is 2500. The number of nitrogens with one attached hydrogen (secondary N) is 4. The number of allylic oxidation sites excluding steroid dienone is 2. The molecule has 0 spiro atoms. The van der Waals surface area contributed by atoms with E-state index in [4.69, 9.17) is 4.74 Å². The lowest BCUT2D eigenvalue weighted by molar-refractivity contribution is -0.157. The highest BCUT2D eigenvalue weighted by Gasteiger charge is 2.47. The summed E-state index contributed by atoms with van der Waals surface area (Å²) in [5, 5.41) is 23.3. The maximum absolute atomic E-state index is 15.3. The fourth-order valence-electron chi connectivity index (χ4n) is 12.1. The third kappa shape index (κ3) is 21.7. The van der Waals surface area contributed by atoms with Crippen molar-refractivity contribution in [2.24, 2.45) is 35.5 Å². The van der Waals surface area contributed by atoms with Gasteiger partial charge < -0.3 is 70.3 Å². The first kappa shape index (κ1) is 80.9. The van der Waals surface area contributed by atoms with Gasteiger partial charge in [-0.2, -0.15) is 0 Å². The second-order valence-electron chi connectivity index (χ2n) is 27.5. The van der Waals surface area contributed by atoms with Gasteiger partial charge in [0.15, 0.2) is 0 Å². The number of methoxy groups -OCH3 is 1. The number of rotatable bonds is 17. The van der Waals surface area contributed by atoms with Crippen LogP contribution in [0.4, 0.5) is 0 Å². The van der Waals surface area contributed by atoms with Gasteiger partial charge in [-0.05, 0) is 121 Å². The van der Waals surface area contributed by atoms with Crippen molar-refractivity contribution in [2.45, 2.75) is 234 Å². The summed E-state index contributed by atoms with van der Waals surface area (Å²) in [6.45, 7) is 29.3. The average molecular weight is 1290 g/mol. The lowest BCUT2D eigenvalue weighted by Gasteiger charge is -2.41. The molecule has 0 aliphatic carbocycles. The number of carbonyl (C=O) groups is 11. The van der Waals surface area contributed by atoms with Crippen LogP contribution < -0.4 is 21.3 Å². The van der Waals surface area contributed by atoms with Crippen molar-refractivity contribution < 1.29 is 62.6 Å². The molecule has 0 aromatic carbocycles. The Hall–Kier alpha value is -6.21. The SMILES string of the molecule is CC=CCC(C)C(O)C1C(=O)NC(CC)C(=O)N(C)C(C)C(=O)N(C)C(C(CN2CCCC2)OC)C(=O)NC(C(C)C)C(=O)N(C)C(CC(C)C)C(=O)NC(C)C(=O)NC(C)C(=O)N(C)C(CC(C)C)C(=O)N(C)C(CC(C)C)C(=O)N(C)C(C(C)C)C(=O)N1C. The molecule has 0 radical (unpaired) electrons. The first-order valence-electron chi connectivity index (χ1n) is 32.9. The minimum absolute atomic E-state index is 0.00396. The van der Waals surface area contributed by atoms with Gasteiger partial charge in [-0.3, -0.25) is 52.7 Å². The zero-order valence-corrected chi connectivity index (χ0v) is 59.6. The lowest BCUT2D eigenvalue weighted by atomic mass is 9.91. The molecule has 14 unspecified atom stereocenters. The van der Waals surface area contributed by atoms with E-state index in [1.807, 2.05) is 47.6 Å². The monoisotopic (exact) mass is 1290 g/mol. The molecule has 2 aliphatic heterocycles. The third-order valence-electron chi connectivity index (χ3n) is 18.1. The van der Waals surface area contributed by atoms with E-state index in [1.54, 1.807) is 54.5 Å². The van der Waals surface area contributed by atoms with Crippen molar-refractivity contribution in [3.05, 3.63) is 12.2 Å². The molecule has 14 atom stereocenters.